The monoisotopic (exact) mass is 424 g/mol. The first-order chi connectivity index (χ1) is 15.0. The fraction of sp³-hybridized carbons (Fsp3) is 0.364. The summed E-state index contributed by atoms with van der Waals surface area (Å²) in [4.78, 5) is 40.8. The molecule has 1 amide bonds. The number of nitrogens with one attached hydrogen (secondary N) is 1. The van der Waals surface area contributed by atoms with E-state index in [4.69, 9.17) is 4.74 Å². The van der Waals surface area contributed by atoms with Crippen molar-refractivity contribution in [1.29, 1.82) is 0 Å². The maximum absolute atomic E-state index is 12.9. The summed E-state index contributed by atoms with van der Waals surface area (Å²) in [7, 11) is 1.85. The number of benzene rings is 1. The molecule has 1 N–H and O–H groups in total. The molecule has 0 saturated carbocycles. The van der Waals surface area contributed by atoms with Gasteiger partial charge in [0, 0.05) is 43.7 Å². The van der Waals surface area contributed by atoms with Gasteiger partial charge in [-0.15, -0.1) is 0 Å². The summed E-state index contributed by atoms with van der Waals surface area (Å²) in [5.74, 6) is -0.576. The van der Waals surface area contributed by atoms with Crippen LogP contribution in [-0.4, -0.2) is 50.4 Å². The highest BCUT2D eigenvalue weighted by atomic mass is 16.6. The van der Waals surface area contributed by atoms with Gasteiger partial charge in [0.2, 0.25) is 0 Å². The zero-order chi connectivity index (χ0) is 22.0. The molecule has 3 aromatic rings. The van der Waals surface area contributed by atoms with Crippen molar-refractivity contribution in [3.05, 3.63) is 64.1 Å². The molecule has 4 rings (SSSR count). The number of aromatic nitrogens is 2. The maximum Gasteiger partial charge on any atom is 0.354 e. The SMILES string of the molecule is Cn1cccc1C(=O)N1CCCCC1CCOC(=O)c1cc2cccc([N+](=O)[O-])c2[nH]1. The fourth-order valence-electron chi connectivity index (χ4n) is 4.17. The second-order valence-corrected chi connectivity index (χ2v) is 7.76. The predicted octanol–water partition coefficient (Wildman–Crippen LogP) is 3.66. The van der Waals surface area contributed by atoms with Crippen LogP contribution in [-0.2, 0) is 11.8 Å². The zero-order valence-corrected chi connectivity index (χ0v) is 17.2. The van der Waals surface area contributed by atoms with Crippen molar-refractivity contribution in [3.63, 3.8) is 0 Å². The quantitative estimate of drug-likeness (QED) is 0.369. The number of non-ortho nitro benzene ring substituents is 1. The van der Waals surface area contributed by atoms with Gasteiger partial charge in [0.25, 0.3) is 11.6 Å². The van der Waals surface area contributed by atoms with Crippen LogP contribution in [0.15, 0.2) is 42.6 Å². The molecule has 1 aliphatic rings. The first-order valence-electron chi connectivity index (χ1n) is 10.3. The van der Waals surface area contributed by atoms with Crippen LogP contribution in [0.5, 0.6) is 0 Å². The van der Waals surface area contributed by atoms with Crippen LogP contribution < -0.4 is 0 Å². The van der Waals surface area contributed by atoms with E-state index in [1.54, 1.807) is 18.2 Å². The molecule has 3 heterocycles. The Kier molecular flexibility index (Phi) is 5.75. The van der Waals surface area contributed by atoms with Crippen molar-refractivity contribution in [2.45, 2.75) is 31.7 Å². The summed E-state index contributed by atoms with van der Waals surface area (Å²) in [5.41, 5.74) is 1.02. The number of rotatable bonds is 6. The van der Waals surface area contributed by atoms with Crippen molar-refractivity contribution in [2.75, 3.05) is 13.2 Å². The largest absolute Gasteiger partial charge is 0.461 e. The molecule has 0 spiro atoms. The predicted molar refractivity (Wildman–Crippen MR) is 114 cm³/mol. The van der Waals surface area contributed by atoms with Crippen molar-refractivity contribution >= 4 is 28.5 Å². The number of esters is 1. The number of aryl methyl sites for hydroxylation is 1. The molecule has 9 heteroatoms. The first kappa shape index (κ1) is 20.6. The number of aromatic amines is 1. The van der Waals surface area contributed by atoms with Gasteiger partial charge in [-0.05, 0) is 37.5 Å². The Hall–Kier alpha value is -3.62. The van der Waals surface area contributed by atoms with Gasteiger partial charge in [0.05, 0.1) is 11.5 Å². The van der Waals surface area contributed by atoms with E-state index in [0.717, 1.165) is 19.3 Å². The number of hydrogen-bond acceptors (Lipinski definition) is 5. The van der Waals surface area contributed by atoms with Gasteiger partial charge in [-0.1, -0.05) is 12.1 Å². The number of piperidine rings is 1. The summed E-state index contributed by atoms with van der Waals surface area (Å²) >= 11 is 0. The Balaban J connectivity index is 1.40. The molecule has 1 aliphatic heterocycles. The number of nitro benzene ring substituents is 1. The highest BCUT2D eigenvalue weighted by Crippen LogP contribution is 2.26. The number of likely N-dealkylation sites (tertiary alicyclic amines) is 1. The highest BCUT2D eigenvalue weighted by molar-refractivity contribution is 5.97. The second-order valence-electron chi connectivity index (χ2n) is 7.76. The van der Waals surface area contributed by atoms with Gasteiger partial charge in [0.1, 0.15) is 16.9 Å². The lowest BCUT2D eigenvalue weighted by atomic mass is 9.99. The summed E-state index contributed by atoms with van der Waals surface area (Å²) in [5, 5.41) is 11.7. The lowest BCUT2D eigenvalue weighted by molar-refractivity contribution is -0.383. The molecular formula is C22H24N4O5. The summed E-state index contributed by atoms with van der Waals surface area (Å²) in [6, 6.07) is 9.87. The molecule has 1 saturated heterocycles. The van der Waals surface area contributed by atoms with E-state index in [9.17, 15) is 19.7 Å². The van der Waals surface area contributed by atoms with Crippen molar-refractivity contribution in [1.82, 2.24) is 14.5 Å². The van der Waals surface area contributed by atoms with Crippen LogP contribution in [0, 0.1) is 10.1 Å². The zero-order valence-electron chi connectivity index (χ0n) is 17.2. The molecule has 1 unspecified atom stereocenters. The van der Waals surface area contributed by atoms with Gasteiger partial charge in [0.15, 0.2) is 0 Å². The average Bonchev–Trinajstić information content (AvgIpc) is 3.39. The van der Waals surface area contributed by atoms with E-state index in [1.165, 1.54) is 6.07 Å². The number of carbonyl (C=O) groups excluding carboxylic acids is 2. The molecule has 162 valence electrons. The number of para-hydroxylation sites is 1. The van der Waals surface area contributed by atoms with Gasteiger partial charge in [-0.2, -0.15) is 0 Å². The fourth-order valence-corrected chi connectivity index (χ4v) is 4.17. The Morgan fingerprint density at radius 3 is 2.84 bits per heavy atom. The third-order valence-corrected chi connectivity index (χ3v) is 5.79. The van der Waals surface area contributed by atoms with Crippen molar-refractivity contribution in [2.24, 2.45) is 7.05 Å². The van der Waals surface area contributed by atoms with Gasteiger partial charge < -0.3 is 19.2 Å². The van der Waals surface area contributed by atoms with Crippen LogP contribution in [0.25, 0.3) is 10.9 Å². The lowest BCUT2D eigenvalue weighted by Gasteiger charge is -2.35. The minimum atomic E-state index is -0.568. The average molecular weight is 424 g/mol. The minimum absolute atomic E-state index is 0.00718. The number of nitrogens with zero attached hydrogens (tertiary/aromatic N) is 3. The molecular weight excluding hydrogens is 400 g/mol. The summed E-state index contributed by atoms with van der Waals surface area (Å²) in [6.07, 6.45) is 5.24. The summed E-state index contributed by atoms with van der Waals surface area (Å²) < 4.78 is 7.23. The van der Waals surface area contributed by atoms with Crippen LogP contribution in [0.2, 0.25) is 0 Å². The number of nitro groups is 1. The van der Waals surface area contributed by atoms with E-state index >= 15 is 0 Å². The normalized spacial score (nSPS) is 16.4. The smallest absolute Gasteiger partial charge is 0.354 e. The minimum Gasteiger partial charge on any atom is -0.461 e. The summed E-state index contributed by atoms with van der Waals surface area (Å²) in [6.45, 7) is 0.853. The molecule has 0 aliphatic carbocycles. The first-order valence-corrected chi connectivity index (χ1v) is 10.3. The number of fused-ring (bicyclic) bond motifs is 1. The van der Waals surface area contributed by atoms with E-state index in [1.807, 2.05) is 34.8 Å². The van der Waals surface area contributed by atoms with Gasteiger partial charge in [-0.25, -0.2) is 4.79 Å². The third kappa shape index (κ3) is 4.16. The number of carbonyl (C=O) groups is 2. The number of amides is 1. The van der Waals surface area contributed by atoms with Crippen molar-refractivity contribution < 1.29 is 19.2 Å². The molecule has 9 nitrogen and oxygen atoms in total. The maximum atomic E-state index is 12.9. The number of H-pyrrole nitrogens is 1. The Morgan fingerprint density at radius 2 is 2.10 bits per heavy atom. The molecule has 31 heavy (non-hydrogen) atoms. The third-order valence-electron chi connectivity index (χ3n) is 5.79. The van der Waals surface area contributed by atoms with Crippen molar-refractivity contribution in [3.8, 4) is 0 Å². The number of ether oxygens (including phenoxy) is 1. The van der Waals surface area contributed by atoms with E-state index < -0.39 is 10.9 Å². The molecule has 2 aromatic heterocycles. The number of hydrogen-bond donors (Lipinski definition) is 1. The molecule has 0 bridgehead atoms. The van der Waals surface area contributed by atoms with Crippen LogP contribution in [0.1, 0.15) is 46.7 Å². The van der Waals surface area contributed by atoms with E-state index in [0.29, 0.717) is 29.6 Å². The Labute approximate surface area is 178 Å². The van der Waals surface area contributed by atoms with Gasteiger partial charge >= 0.3 is 5.97 Å². The molecule has 1 aromatic carbocycles. The molecule has 1 fully saturated rings. The van der Waals surface area contributed by atoms with Gasteiger partial charge in [-0.3, -0.25) is 14.9 Å². The molecule has 0 radical (unpaired) electrons. The Bertz CT molecular complexity index is 1130. The Morgan fingerprint density at radius 1 is 1.26 bits per heavy atom. The van der Waals surface area contributed by atoms with Crippen LogP contribution in [0.3, 0.4) is 0 Å². The van der Waals surface area contributed by atoms with E-state index in [-0.39, 0.29) is 29.9 Å². The lowest BCUT2D eigenvalue weighted by Crippen LogP contribution is -2.44. The second kappa shape index (κ2) is 8.63. The van der Waals surface area contributed by atoms with Crippen LogP contribution >= 0.6 is 0 Å². The standard InChI is InChI=1S/C22H24N4O5/c1-24-11-5-9-19(24)21(27)25-12-3-2-7-16(25)10-13-31-22(28)17-14-15-6-4-8-18(26(29)30)20(15)23-17/h4-6,8-9,11,14,16,23H,2-3,7,10,12-13H2,1H3. The topological polar surface area (TPSA) is 110 Å². The van der Waals surface area contributed by atoms with Crippen LogP contribution in [0.4, 0.5) is 5.69 Å². The highest BCUT2D eigenvalue weighted by Gasteiger charge is 2.28. The van der Waals surface area contributed by atoms with E-state index in [2.05, 4.69) is 4.98 Å². The molecule has 1 atom stereocenters.